The van der Waals surface area contributed by atoms with E-state index < -0.39 is 63.9 Å². The topological polar surface area (TPSA) is 294 Å². The van der Waals surface area contributed by atoms with E-state index in [-0.39, 0.29) is 63.1 Å². The summed E-state index contributed by atoms with van der Waals surface area (Å²) in [6.07, 6.45) is 9.00. The van der Waals surface area contributed by atoms with Crippen molar-refractivity contribution in [1.82, 2.24) is 27.9 Å². The number of hydrogen-bond donors (Lipinski definition) is 2. The van der Waals surface area contributed by atoms with E-state index in [4.69, 9.17) is 37.3 Å². The Balaban J connectivity index is 0.000000244. The number of ether oxygens (including phenoxy) is 2. The number of rotatable bonds is 10. The van der Waals surface area contributed by atoms with Gasteiger partial charge in [0.05, 0.1) is 42.6 Å². The van der Waals surface area contributed by atoms with Crippen molar-refractivity contribution in [1.29, 1.82) is 0 Å². The zero-order valence-electron chi connectivity index (χ0n) is 63.0. The van der Waals surface area contributed by atoms with Crippen molar-refractivity contribution < 1.29 is 69.6 Å². The second-order valence-electron chi connectivity index (χ2n) is 25.4. The van der Waals surface area contributed by atoms with Crippen molar-refractivity contribution in [2.24, 2.45) is 0 Å². The van der Waals surface area contributed by atoms with E-state index in [0.717, 1.165) is 43.6 Å². The second-order valence-corrected chi connectivity index (χ2v) is 38.0. The Hall–Kier alpha value is -8.17. The molecule has 31 heteroatoms. The molecule has 2 spiro atoms. The normalized spacial score (nSPS) is 16.6. The minimum atomic E-state index is -3.75. The molecule has 6 fully saturated rings. The summed E-state index contributed by atoms with van der Waals surface area (Å²) < 4.78 is 164. The Bertz CT molecular complexity index is 5400. The first-order valence-corrected chi connectivity index (χ1v) is 45.4. The van der Waals surface area contributed by atoms with Gasteiger partial charge in [-0.05, 0) is 189 Å². The summed E-state index contributed by atoms with van der Waals surface area (Å²) in [5, 5.41) is 6.45. The number of carbonyl (C=O) groups excluding carboxylic acids is 2. The Morgan fingerprint density at radius 2 is 0.679 bits per heavy atom. The predicted molar refractivity (Wildman–Crippen MR) is 437 cm³/mol. The van der Waals surface area contributed by atoms with Crippen LogP contribution in [0.5, 0.6) is 0 Å². The molecule has 22 nitrogen and oxygen atoms in total. The highest BCUT2D eigenvalue weighted by Gasteiger charge is 2.52. The predicted octanol–water partition coefficient (Wildman–Crippen LogP) is 9.82. The van der Waals surface area contributed by atoms with E-state index in [1.807, 2.05) is 25.1 Å². The van der Waals surface area contributed by atoms with E-state index in [1.165, 1.54) is 25.0 Å². The molecule has 6 aromatic rings. The van der Waals surface area contributed by atoms with Gasteiger partial charge in [-0.2, -0.15) is 17.2 Å². The maximum Gasteiger partial charge on any atom is 0.261 e. The van der Waals surface area contributed by atoms with Crippen molar-refractivity contribution in [3.63, 3.8) is 0 Å². The smallest absolute Gasteiger partial charge is 0.261 e. The Labute approximate surface area is 677 Å². The molecule has 596 valence electrons. The summed E-state index contributed by atoms with van der Waals surface area (Å²) in [7, 11) is -11.1. The first-order chi connectivity index (χ1) is 52.6. The molecule has 0 atom stereocenters. The van der Waals surface area contributed by atoms with Gasteiger partial charge in [-0.15, -0.1) is 18.8 Å². The maximum absolute atomic E-state index is 13.4. The third-order valence-electron chi connectivity index (χ3n) is 17.9. The minimum Gasteiger partial charge on any atom is -0.359 e. The Morgan fingerprint density at radius 3 is 0.973 bits per heavy atom. The lowest BCUT2D eigenvalue weighted by atomic mass is 10.0. The Morgan fingerprint density at radius 1 is 0.375 bits per heavy atom. The van der Waals surface area contributed by atoms with Gasteiger partial charge in [0.25, 0.3) is 18.1 Å². The molecule has 12 rings (SSSR count). The number of aryl methyl sites for hydroxylation is 6. The standard InChI is InChI=1S/C21H26N2O5S2.C15H4.C14H20N2O3S.C12H15NO3S.2C7H7ClO2S.C5H9NO.ClH/c1-17-7-3-5-9-19(17)29(24,25)22-13-11-21(12-14-22)23(15-16-28-21)30(26,27)20-10-6-4-8-18(20)2;1-3-5-7-9-11-13-15-14-12-10-8-6-4-2;1-12-4-2-3-5-13(12)20(17,18)16-9-6-14(7-10-16)15-8-11-19-14;1-10-4-2-3-5-12(10)17(15,16)13-8-6-11(14)7-9-13;2*1-6-4-2-3-5-7(6)11(8,9)10;7-5-1-3-6-4-2-5;/h3-10H,11-16H2,1-2H3;1H,2H3;2-5,15H,6-11H2,1H3;2-5H,6-9H2,1H3;2*2-5H,1H3;6H,1-4H2;1H. The molecule has 6 aromatic carbocycles. The van der Waals surface area contributed by atoms with Crippen LogP contribution in [-0.4, -0.2) is 169 Å². The van der Waals surface area contributed by atoms with Gasteiger partial charge in [-0.1, -0.05) is 115 Å². The molecule has 0 saturated carbocycles. The lowest BCUT2D eigenvalue weighted by molar-refractivity contribution is -0.121. The van der Waals surface area contributed by atoms with Crippen LogP contribution in [0.2, 0.25) is 0 Å². The molecule has 2 N–H and O–H groups in total. The van der Waals surface area contributed by atoms with E-state index in [1.54, 1.807) is 161 Å². The number of ketones is 2. The average Bonchev–Trinajstić information content (AvgIpc) is 1.50. The van der Waals surface area contributed by atoms with Crippen LogP contribution in [0.3, 0.4) is 0 Å². The molecule has 6 saturated heterocycles. The summed E-state index contributed by atoms with van der Waals surface area (Å²) in [5.74, 6) is 32.5. The zero-order chi connectivity index (χ0) is 81.5. The lowest BCUT2D eigenvalue weighted by Gasteiger charge is -2.42. The number of carbonyl (C=O) groups is 2. The van der Waals surface area contributed by atoms with Gasteiger partial charge < -0.3 is 14.8 Å². The van der Waals surface area contributed by atoms with Gasteiger partial charge in [0, 0.05) is 138 Å². The van der Waals surface area contributed by atoms with Crippen LogP contribution in [0.4, 0.5) is 0 Å². The molecule has 6 heterocycles. The Kier molecular flexibility index (Phi) is 37.5. The molecule has 0 unspecified atom stereocenters. The van der Waals surface area contributed by atoms with Crippen molar-refractivity contribution in [3.05, 3.63) is 179 Å². The van der Waals surface area contributed by atoms with E-state index in [2.05, 4.69) is 87.6 Å². The minimum absolute atomic E-state index is 0. The molecule has 0 bridgehead atoms. The van der Waals surface area contributed by atoms with Gasteiger partial charge in [-0.25, -0.2) is 50.5 Å². The maximum atomic E-state index is 13.4. The molecule has 0 aliphatic carbocycles. The molecular formula is C81H89Cl3N6O16S6. The van der Waals surface area contributed by atoms with E-state index >= 15 is 0 Å². The number of terminal acetylenes is 1. The van der Waals surface area contributed by atoms with Crippen molar-refractivity contribution in [3.8, 4) is 83.4 Å². The van der Waals surface area contributed by atoms with Crippen LogP contribution in [0.15, 0.2) is 175 Å². The SMILES string of the molecule is C#CC#CC#CC#CC#CC#CC#CC.Cc1ccccc1S(=O)(=O)Cl.Cc1ccccc1S(=O)(=O)Cl.Cc1ccccc1S(=O)(=O)N1CCC(=O)CC1.Cc1ccccc1S(=O)(=O)N1CCC2(CC1)NCCO2.Cc1ccccc1S(=O)(=O)N1CCC2(CC1)OCCN2S(=O)(=O)c1ccccc1C.Cl.O=C1CCNCC1. The fourth-order valence-corrected chi connectivity index (χ4v) is 21.4. The number of Topliss-reactive ketones (excluding diaryl/α,β-unsaturated/α-hetero) is 2. The average molecular weight is 1700 g/mol. The first-order valence-electron chi connectivity index (χ1n) is 35.0. The molecular weight excluding hydrogens is 1610 g/mol. The zero-order valence-corrected chi connectivity index (χ0v) is 70.2. The molecule has 6 aliphatic rings. The van der Waals surface area contributed by atoms with Gasteiger partial charge in [-0.3, -0.25) is 14.9 Å². The van der Waals surface area contributed by atoms with Crippen LogP contribution < -0.4 is 10.6 Å². The van der Waals surface area contributed by atoms with Crippen LogP contribution >= 0.6 is 33.8 Å². The van der Waals surface area contributed by atoms with Crippen LogP contribution in [0.25, 0.3) is 0 Å². The fourth-order valence-electron chi connectivity index (χ4n) is 12.0. The fraction of sp³-hybridized carbons (Fsp3) is 0.358. The number of piperidine rings is 4. The van der Waals surface area contributed by atoms with Gasteiger partial charge in [0.15, 0.2) is 0 Å². The highest BCUT2D eigenvalue weighted by atomic mass is 35.7. The third kappa shape index (κ3) is 27.6. The summed E-state index contributed by atoms with van der Waals surface area (Å²) in [6.45, 7) is 18.2. The first kappa shape index (κ1) is 94.4. The summed E-state index contributed by atoms with van der Waals surface area (Å²) in [4.78, 5) is 23.2. The van der Waals surface area contributed by atoms with Crippen LogP contribution in [0.1, 0.15) is 91.7 Å². The van der Waals surface area contributed by atoms with E-state index in [9.17, 15) is 60.1 Å². The summed E-state index contributed by atoms with van der Waals surface area (Å²) in [6, 6.07) is 41.0. The van der Waals surface area contributed by atoms with Crippen LogP contribution in [-0.2, 0) is 77.3 Å². The number of benzene rings is 6. The van der Waals surface area contributed by atoms with Crippen molar-refractivity contribution in [2.45, 2.75) is 141 Å². The van der Waals surface area contributed by atoms with Crippen molar-refractivity contribution >= 4 is 104 Å². The quantitative estimate of drug-likeness (QED) is 0.0952. The molecule has 0 radical (unpaired) electrons. The number of nitrogens with zero attached hydrogens (tertiary/aromatic N) is 4. The highest BCUT2D eigenvalue weighted by molar-refractivity contribution is 8.14. The second kappa shape index (κ2) is 44.5. The largest absolute Gasteiger partial charge is 0.359 e. The number of hydrogen-bond acceptors (Lipinski definition) is 18. The summed E-state index contributed by atoms with van der Waals surface area (Å²) in [5.41, 5.74) is 2.95. The monoisotopic (exact) mass is 1700 g/mol. The van der Waals surface area contributed by atoms with E-state index in [0.29, 0.717) is 116 Å². The molecule has 0 aromatic heterocycles. The molecule has 112 heavy (non-hydrogen) atoms. The highest BCUT2D eigenvalue weighted by Crippen LogP contribution is 2.40. The lowest BCUT2D eigenvalue weighted by Crippen LogP contribution is -2.55. The number of halogens is 3. The van der Waals surface area contributed by atoms with Gasteiger partial charge in [0.2, 0.25) is 40.1 Å². The van der Waals surface area contributed by atoms with Gasteiger partial charge >= 0.3 is 0 Å². The third-order valence-corrected chi connectivity index (χ3v) is 29.1. The van der Waals surface area contributed by atoms with Crippen LogP contribution in [0, 0.1) is 125 Å². The summed E-state index contributed by atoms with van der Waals surface area (Å²) >= 11 is 0. The van der Waals surface area contributed by atoms with Gasteiger partial charge in [0.1, 0.15) is 23.0 Å². The number of nitrogens with one attached hydrogen (secondary N) is 2. The van der Waals surface area contributed by atoms with Crippen molar-refractivity contribution in [2.75, 3.05) is 78.7 Å². The number of sulfonamides is 4. The molecule has 0 amide bonds. The molecule has 6 aliphatic heterocycles.